The molecule has 3 aromatic carbocycles. The Morgan fingerprint density at radius 3 is 2.37 bits per heavy atom. The van der Waals surface area contributed by atoms with E-state index in [9.17, 15) is 5.26 Å². The van der Waals surface area contributed by atoms with E-state index in [0.29, 0.717) is 49.4 Å². The lowest BCUT2D eigenvalue weighted by atomic mass is 9.51. The van der Waals surface area contributed by atoms with Gasteiger partial charge >= 0.3 is 0 Å². The minimum atomic E-state index is 0.187. The Bertz CT molecular complexity index is 1270. The molecule has 3 heteroatoms. The average Bonchev–Trinajstić information content (AvgIpc) is 3.30. The summed E-state index contributed by atoms with van der Waals surface area (Å²) in [5.74, 6) is 3.40. The quantitative estimate of drug-likeness (QED) is 0.310. The van der Waals surface area contributed by atoms with Gasteiger partial charge in [0.25, 0.3) is 0 Å². The van der Waals surface area contributed by atoms with Crippen molar-refractivity contribution in [1.29, 1.82) is 5.26 Å². The second kappa shape index (κ2) is 11.0. The molecule has 0 aliphatic heterocycles. The van der Waals surface area contributed by atoms with Crippen molar-refractivity contribution >= 4 is 0 Å². The molecule has 3 aliphatic carbocycles. The highest BCUT2D eigenvalue weighted by Crippen LogP contribution is 2.64. The molecule has 3 nitrogen and oxygen atoms in total. The number of nitriles is 1. The first-order valence-electron chi connectivity index (χ1n) is 14.5. The predicted molar refractivity (Wildman–Crippen MR) is 151 cm³/mol. The Hall–Kier alpha value is -3.09. The molecule has 0 bridgehead atoms. The first-order valence-corrected chi connectivity index (χ1v) is 14.5. The van der Waals surface area contributed by atoms with Crippen LogP contribution in [0.2, 0.25) is 0 Å². The zero-order valence-electron chi connectivity index (χ0n) is 22.5. The van der Waals surface area contributed by atoms with E-state index in [4.69, 9.17) is 9.47 Å². The molecule has 3 aromatic rings. The van der Waals surface area contributed by atoms with Gasteiger partial charge < -0.3 is 9.47 Å². The van der Waals surface area contributed by atoms with Crippen LogP contribution in [0.4, 0.5) is 0 Å². The molecule has 6 atom stereocenters. The lowest BCUT2D eigenvalue weighted by molar-refractivity contribution is -0.0874. The van der Waals surface area contributed by atoms with E-state index in [2.05, 4.69) is 85.8 Å². The van der Waals surface area contributed by atoms with E-state index >= 15 is 0 Å². The van der Waals surface area contributed by atoms with Crippen molar-refractivity contribution in [2.75, 3.05) is 0 Å². The van der Waals surface area contributed by atoms with Crippen molar-refractivity contribution in [3.05, 3.63) is 101 Å². The second-order valence-electron chi connectivity index (χ2n) is 12.0. The molecule has 196 valence electrons. The third-order valence-electron chi connectivity index (χ3n) is 9.90. The van der Waals surface area contributed by atoms with Crippen LogP contribution in [0, 0.1) is 34.5 Å². The summed E-state index contributed by atoms with van der Waals surface area (Å²) in [6.45, 7) is 3.80. The van der Waals surface area contributed by atoms with Crippen molar-refractivity contribution in [3.8, 4) is 11.8 Å². The first-order chi connectivity index (χ1) is 18.7. The Morgan fingerprint density at radius 2 is 1.63 bits per heavy atom. The van der Waals surface area contributed by atoms with Crippen LogP contribution >= 0.6 is 0 Å². The highest BCUT2D eigenvalue weighted by atomic mass is 16.5. The predicted octanol–water partition coefficient (Wildman–Crippen LogP) is 8.24. The third kappa shape index (κ3) is 4.87. The summed E-state index contributed by atoms with van der Waals surface area (Å²) in [6, 6.07) is 30.3. The molecule has 0 radical (unpaired) electrons. The van der Waals surface area contributed by atoms with Crippen LogP contribution in [0.5, 0.6) is 5.75 Å². The molecule has 0 aromatic heterocycles. The first kappa shape index (κ1) is 25.2. The minimum Gasteiger partial charge on any atom is -0.489 e. The molecule has 38 heavy (non-hydrogen) atoms. The van der Waals surface area contributed by atoms with Crippen LogP contribution in [0.25, 0.3) is 0 Å². The molecule has 0 saturated heterocycles. The molecule has 2 saturated carbocycles. The van der Waals surface area contributed by atoms with Crippen molar-refractivity contribution < 1.29 is 9.47 Å². The standard InChI is InChI=1S/C35H39NO2/c1-35-22-28(13-8-20-36)34-30-17-15-29(37-23-25-9-4-2-5-10-25)21-27(30)14-16-31(34)32(35)18-19-33(35)38-24-26-11-6-3-7-12-26/h2-7,9-12,15,17,21,28,31-34H,8,13-14,16,18-19,22-24H2,1H3/t28-,31-,32-,33?,34+,35-/m0/s1. The topological polar surface area (TPSA) is 42.2 Å². The van der Waals surface area contributed by atoms with Gasteiger partial charge in [0.1, 0.15) is 12.4 Å². The second-order valence-corrected chi connectivity index (χ2v) is 12.0. The normalized spacial score (nSPS) is 29.5. The highest BCUT2D eigenvalue weighted by Gasteiger charge is 2.58. The van der Waals surface area contributed by atoms with Gasteiger partial charge in [-0.25, -0.2) is 0 Å². The van der Waals surface area contributed by atoms with E-state index in [-0.39, 0.29) is 5.41 Å². The molecular formula is C35H39NO2. The maximum atomic E-state index is 9.50. The molecule has 6 rings (SSSR count). The van der Waals surface area contributed by atoms with Crippen LogP contribution in [-0.4, -0.2) is 6.10 Å². The smallest absolute Gasteiger partial charge is 0.120 e. The maximum Gasteiger partial charge on any atom is 0.120 e. The summed E-state index contributed by atoms with van der Waals surface area (Å²) in [6.07, 6.45) is 7.84. The van der Waals surface area contributed by atoms with Crippen LogP contribution < -0.4 is 4.74 Å². The Labute approximate surface area is 227 Å². The van der Waals surface area contributed by atoms with Gasteiger partial charge in [-0.15, -0.1) is 0 Å². The van der Waals surface area contributed by atoms with E-state index in [1.165, 1.54) is 35.1 Å². The van der Waals surface area contributed by atoms with Gasteiger partial charge in [-0.3, -0.25) is 0 Å². The Balaban J connectivity index is 1.22. The molecule has 1 unspecified atom stereocenters. The number of fused-ring (bicyclic) bond motifs is 5. The molecule has 3 aliphatic rings. The van der Waals surface area contributed by atoms with Crippen molar-refractivity contribution in [2.45, 2.75) is 77.1 Å². The molecule has 0 heterocycles. The van der Waals surface area contributed by atoms with Gasteiger partial charge in [-0.1, -0.05) is 73.7 Å². The fraction of sp³-hybridized carbons (Fsp3) is 0.457. The molecule has 0 N–H and O–H groups in total. The number of aryl methyl sites for hydroxylation is 1. The van der Waals surface area contributed by atoms with E-state index in [1.807, 2.05) is 6.07 Å². The molecular weight excluding hydrogens is 466 g/mol. The maximum absolute atomic E-state index is 9.50. The van der Waals surface area contributed by atoms with Gasteiger partial charge in [0.05, 0.1) is 18.8 Å². The third-order valence-corrected chi connectivity index (χ3v) is 9.90. The lowest BCUT2D eigenvalue weighted by Gasteiger charge is -2.54. The summed E-state index contributed by atoms with van der Waals surface area (Å²) in [5.41, 5.74) is 5.61. The van der Waals surface area contributed by atoms with Gasteiger partial charge in [0.15, 0.2) is 0 Å². The van der Waals surface area contributed by atoms with E-state index in [0.717, 1.165) is 31.4 Å². The number of ether oxygens (including phenoxy) is 2. The average molecular weight is 506 g/mol. The molecule has 2 fully saturated rings. The number of hydrogen-bond acceptors (Lipinski definition) is 3. The number of hydrogen-bond donors (Lipinski definition) is 0. The molecule has 0 spiro atoms. The SMILES string of the molecule is C[C@]12C[C@H](CCC#N)[C@@H]3c4ccc(OCc5ccccc5)cc4CC[C@H]3[C@@H]1CCC2OCc1ccccc1. The van der Waals surface area contributed by atoms with Gasteiger partial charge in [-0.05, 0) is 102 Å². The van der Waals surface area contributed by atoms with Gasteiger partial charge in [0.2, 0.25) is 0 Å². The van der Waals surface area contributed by atoms with Crippen molar-refractivity contribution in [1.82, 2.24) is 0 Å². The largest absolute Gasteiger partial charge is 0.489 e. The monoisotopic (exact) mass is 505 g/mol. The zero-order valence-corrected chi connectivity index (χ0v) is 22.5. The summed E-state index contributed by atoms with van der Waals surface area (Å²) in [4.78, 5) is 0. The Morgan fingerprint density at radius 1 is 0.895 bits per heavy atom. The van der Waals surface area contributed by atoms with Crippen LogP contribution in [0.3, 0.4) is 0 Å². The number of benzene rings is 3. The summed E-state index contributed by atoms with van der Waals surface area (Å²) < 4.78 is 12.9. The number of rotatable bonds is 8. The molecule has 0 amide bonds. The van der Waals surface area contributed by atoms with Crippen molar-refractivity contribution in [2.24, 2.45) is 23.2 Å². The zero-order chi connectivity index (χ0) is 26.0. The van der Waals surface area contributed by atoms with Gasteiger partial charge in [-0.2, -0.15) is 5.26 Å². The van der Waals surface area contributed by atoms with E-state index in [1.54, 1.807) is 0 Å². The minimum absolute atomic E-state index is 0.187. The summed E-state index contributed by atoms with van der Waals surface area (Å²) in [5, 5.41) is 9.50. The van der Waals surface area contributed by atoms with Gasteiger partial charge in [0, 0.05) is 6.42 Å². The fourth-order valence-corrected chi connectivity index (χ4v) is 8.23. The lowest BCUT2D eigenvalue weighted by Crippen LogP contribution is -2.48. The summed E-state index contributed by atoms with van der Waals surface area (Å²) >= 11 is 0. The van der Waals surface area contributed by atoms with Crippen LogP contribution in [0.1, 0.15) is 73.6 Å². The van der Waals surface area contributed by atoms with E-state index < -0.39 is 0 Å². The fourth-order valence-electron chi connectivity index (χ4n) is 8.23. The Kier molecular flexibility index (Phi) is 7.26. The summed E-state index contributed by atoms with van der Waals surface area (Å²) in [7, 11) is 0. The highest BCUT2D eigenvalue weighted by molar-refractivity contribution is 5.41. The number of nitrogens with zero attached hydrogens (tertiary/aromatic N) is 1. The van der Waals surface area contributed by atoms with Crippen LogP contribution in [-0.2, 0) is 24.4 Å². The van der Waals surface area contributed by atoms with Crippen LogP contribution in [0.15, 0.2) is 78.9 Å². The van der Waals surface area contributed by atoms with Crippen molar-refractivity contribution in [3.63, 3.8) is 0 Å².